The highest BCUT2D eigenvalue weighted by atomic mass is 32.1. The van der Waals surface area contributed by atoms with E-state index in [4.69, 9.17) is 4.74 Å². The molecule has 3 N–H and O–H groups in total. The highest BCUT2D eigenvalue weighted by molar-refractivity contribution is 7.10. The Morgan fingerprint density at radius 1 is 1.23 bits per heavy atom. The molecule has 1 aromatic heterocycles. The second-order valence-corrected chi connectivity index (χ2v) is 8.27. The van der Waals surface area contributed by atoms with Crippen molar-refractivity contribution in [3.8, 4) is 5.75 Å². The molecule has 2 aromatic rings. The highest BCUT2D eigenvalue weighted by Crippen LogP contribution is 2.27. The SMILES string of the molecule is CCNC(=NCC(O)COc1ccc(F)cc1)NCC(c1cccs1)N1CCCC1. The van der Waals surface area contributed by atoms with Crippen molar-refractivity contribution in [3.63, 3.8) is 0 Å². The fourth-order valence-corrected chi connectivity index (χ4v) is 4.31. The van der Waals surface area contributed by atoms with Gasteiger partial charge in [0.15, 0.2) is 5.96 Å². The molecule has 164 valence electrons. The van der Waals surface area contributed by atoms with Gasteiger partial charge in [0, 0.05) is 18.0 Å². The number of likely N-dealkylation sites (tertiary alicyclic amines) is 1. The Morgan fingerprint density at radius 3 is 2.67 bits per heavy atom. The number of nitrogens with one attached hydrogen (secondary N) is 2. The summed E-state index contributed by atoms with van der Waals surface area (Å²) in [4.78, 5) is 8.39. The van der Waals surface area contributed by atoms with Gasteiger partial charge in [-0.15, -0.1) is 11.3 Å². The first-order chi connectivity index (χ1) is 14.7. The topological polar surface area (TPSA) is 69.1 Å². The standard InChI is InChI=1S/C22H31FN4O2S/c1-2-24-22(25-14-18(28)16-29-19-9-7-17(23)8-10-19)26-15-20(21-6-5-13-30-21)27-11-3-4-12-27/h5-10,13,18,20,28H,2-4,11-12,14-16H2,1H3,(H2,24,25,26). The Morgan fingerprint density at radius 2 is 2.00 bits per heavy atom. The molecule has 0 spiro atoms. The van der Waals surface area contributed by atoms with Gasteiger partial charge in [-0.25, -0.2) is 4.39 Å². The molecule has 30 heavy (non-hydrogen) atoms. The number of hydrogen-bond donors (Lipinski definition) is 3. The number of benzene rings is 1. The van der Waals surface area contributed by atoms with Crippen molar-refractivity contribution in [1.82, 2.24) is 15.5 Å². The van der Waals surface area contributed by atoms with Crippen LogP contribution in [-0.2, 0) is 0 Å². The maximum Gasteiger partial charge on any atom is 0.191 e. The van der Waals surface area contributed by atoms with Crippen molar-refractivity contribution >= 4 is 17.3 Å². The molecule has 0 saturated carbocycles. The number of thiophene rings is 1. The van der Waals surface area contributed by atoms with Crippen molar-refractivity contribution in [2.24, 2.45) is 4.99 Å². The zero-order valence-corrected chi connectivity index (χ0v) is 18.2. The summed E-state index contributed by atoms with van der Waals surface area (Å²) < 4.78 is 18.4. The van der Waals surface area contributed by atoms with Gasteiger partial charge in [0.2, 0.25) is 0 Å². The van der Waals surface area contributed by atoms with Crippen LogP contribution in [0.1, 0.15) is 30.7 Å². The molecule has 8 heteroatoms. The second-order valence-electron chi connectivity index (χ2n) is 7.29. The van der Waals surface area contributed by atoms with E-state index in [1.807, 2.05) is 6.92 Å². The summed E-state index contributed by atoms with van der Waals surface area (Å²) in [5.74, 6) is 0.886. The predicted octanol–water partition coefficient (Wildman–Crippen LogP) is 3.02. The van der Waals surface area contributed by atoms with E-state index in [-0.39, 0.29) is 19.0 Å². The number of aliphatic hydroxyl groups excluding tert-OH is 1. The van der Waals surface area contributed by atoms with Crippen LogP contribution >= 0.6 is 11.3 Å². The van der Waals surface area contributed by atoms with Crippen LogP contribution in [0.25, 0.3) is 0 Å². The average molecular weight is 435 g/mol. The first-order valence-corrected chi connectivity index (χ1v) is 11.4. The van der Waals surface area contributed by atoms with E-state index in [0.717, 1.165) is 26.2 Å². The molecule has 1 fully saturated rings. The minimum atomic E-state index is -0.753. The molecule has 0 aliphatic carbocycles. The zero-order valence-electron chi connectivity index (χ0n) is 17.4. The number of nitrogens with zero attached hydrogens (tertiary/aromatic N) is 2. The number of aliphatic hydroxyl groups is 1. The lowest BCUT2D eigenvalue weighted by atomic mass is 10.2. The van der Waals surface area contributed by atoms with Gasteiger partial charge in [-0.2, -0.15) is 0 Å². The van der Waals surface area contributed by atoms with Gasteiger partial charge in [-0.1, -0.05) is 6.07 Å². The number of guanidine groups is 1. The molecule has 1 aromatic carbocycles. The quantitative estimate of drug-likeness (QED) is 0.396. The van der Waals surface area contributed by atoms with Crippen molar-refractivity contribution in [2.75, 3.05) is 39.3 Å². The number of rotatable bonds is 10. The van der Waals surface area contributed by atoms with Crippen LogP contribution < -0.4 is 15.4 Å². The number of ether oxygens (including phenoxy) is 1. The molecule has 2 atom stereocenters. The molecular formula is C22H31FN4O2S. The van der Waals surface area contributed by atoms with Gasteiger partial charge in [0.25, 0.3) is 0 Å². The monoisotopic (exact) mass is 434 g/mol. The average Bonchev–Trinajstić information content (AvgIpc) is 3.46. The van der Waals surface area contributed by atoms with Crippen molar-refractivity contribution in [1.29, 1.82) is 0 Å². The lowest BCUT2D eigenvalue weighted by molar-refractivity contribution is 0.114. The molecule has 0 radical (unpaired) electrons. The third kappa shape index (κ3) is 6.97. The Hall–Kier alpha value is -2.16. The number of halogens is 1. The minimum absolute atomic E-state index is 0.0974. The smallest absolute Gasteiger partial charge is 0.191 e. The Balaban J connectivity index is 1.51. The van der Waals surface area contributed by atoms with Crippen LogP contribution in [0.15, 0.2) is 46.8 Å². The second kappa shape index (κ2) is 11.9. The summed E-state index contributed by atoms with van der Waals surface area (Å²) in [5, 5.41) is 19.0. The molecule has 1 aliphatic heterocycles. The molecule has 6 nitrogen and oxygen atoms in total. The normalized spacial score (nSPS) is 17.0. The largest absolute Gasteiger partial charge is 0.491 e. The lowest BCUT2D eigenvalue weighted by Crippen LogP contribution is -2.43. The fraction of sp³-hybridized carbons (Fsp3) is 0.500. The Labute approximate surface area is 181 Å². The minimum Gasteiger partial charge on any atom is -0.491 e. The van der Waals surface area contributed by atoms with Crippen LogP contribution in [0.5, 0.6) is 5.75 Å². The van der Waals surface area contributed by atoms with Crippen molar-refractivity contribution < 1.29 is 14.2 Å². The first-order valence-electron chi connectivity index (χ1n) is 10.5. The number of hydrogen-bond acceptors (Lipinski definition) is 5. The van der Waals surface area contributed by atoms with E-state index < -0.39 is 6.10 Å². The van der Waals surface area contributed by atoms with Crippen LogP contribution in [0.3, 0.4) is 0 Å². The summed E-state index contributed by atoms with van der Waals surface area (Å²) in [6, 6.07) is 10.4. The molecule has 0 bridgehead atoms. The predicted molar refractivity (Wildman–Crippen MR) is 120 cm³/mol. The number of aliphatic imine (C=N–C) groups is 1. The Bertz CT molecular complexity index is 764. The van der Waals surface area contributed by atoms with E-state index in [1.165, 1.54) is 29.9 Å². The van der Waals surface area contributed by atoms with Crippen LogP contribution in [0.2, 0.25) is 0 Å². The van der Waals surface area contributed by atoms with Crippen molar-refractivity contribution in [2.45, 2.75) is 31.9 Å². The zero-order chi connectivity index (χ0) is 21.2. The van der Waals surface area contributed by atoms with E-state index in [1.54, 1.807) is 23.5 Å². The lowest BCUT2D eigenvalue weighted by Gasteiger charge is -2.27. The summed E-state index contributed by atoms with van der Waals surface area (Å²) in [6.07, 6.45) is 1.74. The molecule has 0 amide bonds. The van der Waals surface area contributed by atoms with Gasteiger partial charge in [0.05, 0.1) is 12.6 Å². The first kappa shape index (κ1) is 22.5. The molecule has 1 saturated heterocycles. The maximum atomic E-state index is 12.9. The van der Waals surface area contributed by atoms with Crippen LogP contribution in [0.4, 0.5) is 4.39 Å². The van der Waals surface area contributed by atoms with Crippen LogP contribution in [-0.4, -0.2) is 61.4 Å². The molecular weight excluding hydrogens is 403 g/mol. The van der Waals surface area contributed by atoms with E-state index >= 15 is 0 Å². The van der Waals surface area contributed by atoms with Crippen LogP contribution in [0, 0.1) is 5.82 Å². The maximum absolute atomic E-state index is 12.9. The van der Waals surface area contributed by atoms with E-state index in [9.17, 15) is 9.50 Å². The third-order valence-electron chi connectivity index (χ3n) is 4.98. The summed E-state index contributed by atoms with van der Waals surface area (Å²) in [7, 11) is 0. The third-order valence-corrected chi connectivity index (χ3v) is 5.95. The fourth-order valence-electron chi connectivity index (χ4n) is 3.45. The van der Waals surface area contributed by atoms with E-state index in [2.05, 4.69) is 38.0 Å². The van der Waals surface area contributed by atoms with Crippen molar-refractivity contribution in [3.05, 3.63) is 52.5 Å². The molecule has 2 unspecified atom stereocenters. The summed E-state index contributed by atoms with van der Waals surface area (Å²) >= 11 is 1.78. The molecule has 2 heterocycles. The van der Waals surface area contributed by atoms with Gasteiger partial charge in [-0.3, -0.25) is 9.89 Å². The summed E-state index contributed by atoms with van der Waals surface area (Å²) in [5.41, 5.74) is 0. The summed E-state index contributed by atoms with van der Waals surface area (Å²) in [6.45, 7) is 6.07. The highest BCUT2D eigenvalue weighted by Gasteiger charge is 2.24. The van der Waals surface area contributed by atoms with Gasteiger partial charge in [-0.05, 0) is 68.6 Å². The molecule has 1 aliphatic rings. The molecule has 3 rings (SSSR count). The van der Waals surface area contributed by atoms with Gasteiger partial charge < -0.3 is 20.5 Å². The van der Waals surface area contributed by atoms with Gasteiger partial charge >= 0.3 is 0 Å². The van der Waals surface area contributed by atoms with E-state index in [0.29, 0.717) is 17.8 Å². The van der Waals surface area contributed by atoms with Gasteiger partial charge in [0.1, 0.15) is 24.3 Å². The Kier molecular flexibility index (Phi) is 8.92.